The number of benzene rings is 3. The standard InChI is InChI=1S/C32H28BrN3O5S2/c1-32(2,3)18-6-4-17(5-7-18)24-25-26(29(40)36(28(25)39)21-12-8-19(33)9-13-21)42-30-27(24)43-31(41)35(30)16-23(38)34-20-10-14-22(37)15-11-20/h4-15,24-26,37H,16H2,1-3H3,(H,34,38)/t24-,25?,26?/m1/s1. The summed E-state index contributed by atoms with van der Waals surface area (Å²) in [5.74, 6) is -2.26. The average molecular weight is 679 g/mol. The van der Waals surface area contributed by atoms with E-state index in [4.69, 9.17) is 0 Å². The highest BCUT2D eigenvalue weighted by molar-refractivity contribution is 9.10. The summed E-state index contributed by atoms with van der Waals surface area (Å²) in [5.41, 5.74) is 2.85. The monoisotopic (exact) mass is 677 g/mol. The van der Waals surface area contributed by atoms with Gasteiger partial charge in [-0.05, 0) is 65.1 Å². The average Bonchev–Trinajstić information content (AvgIpc) is 3.40. The molecule has 6 rings (SSSR count). The van der Waals surface area contributed by atoms with Crippen molar-refractivity contribution >= 4 is 68.1 Å². The van der Waals surface area contributed by atoms with Crippen LogP contribution in [0.4, 0.5) is 11.4 Å². The van der Waals surface area contributed by atoms with E-state index in [1.807, 2.05) is 24.3 Å². The Hall–Kier alpha value is -3.67. The van der Waals surface area contributed by atoms with Gasteiger partial charge in [-0.2, -0.15) is 0 Å². The number of amides is 3. The highest BCUT2D eigenvalue weighted by atomic mass is 79.9. The summed E-state index contributed by atoms with van der Waals surface area (Å²) in [6.07, 6.45) is 0. The lowest BCUT2D eigenvalue weighted by Crippen LogP contribution is -2.33. The minimum absolute atomic E-state index is 0.0709. The molecule has 3 amide bonds. The Kier molecular flexibility index (Phi) is 7.60. The van der Waals surface area contributed by atoms with E-state index in [-0.39, 0.29) is 34.4 Å². The predicted molar refractivity (Wildman–Crippen MR) is 172 cm³/mol. The Balaban J connectivity index is 1.41. The number of anilines is 2. The van der Waals surface area contributed by atoms with Gasteiger partial charge in [0.25, 0.3) is 0 Å². The van der Waals surface area contributed by atoms with Crippen LogP contribution in [0.3, 0.4) is 0 Å². The smallest absolute Gasteiger partial charge is 0.308 e. The van der Waals surface area contributed by atoms with Gasteiger partial charge in [-0.1, -0.05) is 84.1 Å². The van der Waals surface area contributed by atoms with Crippen molar-refractivity contribution < 1.29 is 19.5 Å². The SMILES string of the molecule is CC(C)(C)c1ccc([C@H]2c3sc(=O)n(CC(=O)Nc4ccc(O)cc4)c3SC3C(=O)N(c4ccc(Br)cc4)C(=O)C32)cc1. The molecule has 3 aromatic carbocycles. The first-order valence-electron chi connectivity index (χ1n) is 13.7. The number of nitrogens with zero attached hydrogens (tertiary/aromatic N) is 2. The molecule has 2 aliphatic heterocycles. The Morgan fingerprint density at radius 1 is 0.930 bits per heavy atom. The van der Waals surface area contributed by atoms with Crippen LogP contribution in [0.2, 0.25) is 0 Å². The number of thioether (sulfide) groups is 1. The van der Waals surface area contributed by atoms with Crippen LogP contribution in [0.15, 0.2) is 87.1 Å². The number of aromatic hydroxyl groups is 1. The number of fused-ring (bicyclic) bond motifs is 2. The maximum Gasteiger partial charge on any atom is 0.308 e. The zero-order chi connectivity index (χ0) is 30.6. The van der Waals surface area contributed by atoms with E-state index in [1.165, 1.54) is 33.4 Å². The number of hydrogen-bond acceptors (Lipinski definition) is 7. The van der Waals surface area contributed by atoms with E-state index >= 15 is 0 Å². The molecule has 1 saturated heterocycles. The summed E-state index contributed by atoms with van der Waals surface area (Å²) in [6.45, 7) is 6.11. The molecule has 0 aliphatic carbocycles. The van der Waals surface area contributed by atoms with Gasteiger partial charge in [0.15, 0.2) is 0 Å². The maximum atomic E-state index is 14.1. The summed E-state index contributed by atoms with van der Waals surface area (Å²) in [7, 11) is 0. The van der Waals surface area contributed by atoms with Crippen molar-refractivity contribution in [3.63, 3.8) is 0 Å². The molecule has 2 unspecified atom stereocenters. The van der Waals surface area contributed by atoms with Crippen LogP contribution in [0.1, 0.15) is 42.7 Å². The number of hydrogen-bond donors (Lipinski definition) is 2. The van der Waals surface area contributed by atoms with Crippen molar-refractivity contribution in [1.29, 1.82) is 0 Å². The minimum atomic E-state index is -0.767. The fourth-order valence-electron chi connectivity index (χ4n) is 5.54. The number of carbonyl (C=O) groups is 3. The fraction of sp³-hybridized carbons (Fsp3) is 0.250. The number of phenolic OH excluding ortho intramolecular Hbond substituents is 1. The van der Waals surface area contributed by atoms with Crippen LogP contribution < -0.4 is 15.1 Å². The van der Waals surface area contributed by atoms with Crippen LogP contribution in [0.25, 0.3) is 0 Å². The minimum Gasteiger partial charge on any atom is -0.508 e. The highest BCUT2D eigenvalue weighted by Gasteiger charge is 2.56. The summed E-state index contributed by atoms with van der Waals surface area (Å²) in [5, 5.41) is 12.1. The van der Waals surface area contributed by atoms with Crippen molar-refractivity contribution in [2.24, 2.45) is 5.92 Å². The van der Waals surface area contributed by atoms with Crippen molar-refractivity contribution in [3.8, 4) is 5.75 Å². The highest BCUT2D eigenvalue weighted by Crippen LogP contribution is 2.54. The second kappa shape index (κ2) is 11.1. The van der Waals surface area contributed by atoms with E-state index in [2.05, 4.69) is 42.0 Å². The van der Waals surface area contributed by atoms with Gasteiger partial charge in [0.1, 0.15) is 17.5 Å². The zero-order valence-corrected chi connectivity index (χ0v) is 26.8. The number of aromatic nitrogens is 1. The van der Waals surface area contributed by atoms with Crippen LogP contribution in [0, 0.1) is 5.92 Å². The topological polar surface area (TPSA) is 109 Å². The quantitative estimate of drug-likeness (QED) is 0.195. The Bertz CT molecular complexity index is 1790. The molecule has 3 atom stereocenters. The van der Waals surface area contributed by atoms with Crippen LogP contribution in [-0.2, 0) is 26.3 Å². The second-order valence-electron chi connectivity index (χ2n) is 11.6. The van der Waals surface area contributed by atoms with E-state index in [9.17, 15) is 24.3 Å². The van der Waals surface area contributed by atoms with Crippen molar-refractivity contribution in [1.82, 2.24) is 4.57 Å². The van der Waals surface area contributed by atoms with E-state index in [0.717, 1.165) is 26.9 Å². The Morgan fingerprint density at radius 3 is 2.21 bits per heavy atom. The summed E-state index contributed by atoms with van der Waals surface area (Å²) in [4.78, 5) is 56.0. The lowest BCUT2D eigenvalue weighted by molar-refractivity contribution is -0.122. The molecule has 0 saturated carbocycles. The molecule has 1 fully saturated rings. The maximum absolute atomic E-state index is 14.1. The van der Waals surface area contributed by atoms with Gasteiger partial charge in [0.2, 0.25) is 17.7 Å². The number of thiazole rings is 1. The van der Waals surface area contributed by atoms with Crippen LogP contribution in [-0.4, -0.2) is 32.6 Å². The predicted octanol–water partition coefficient (Wildman–Crippen LogP) is 6.11. The summed E-state index contributed by atoms with van der Waals surface area (Å²) >= 11 is 5.61. The molecule has 2 N–H and O–H groups in total. The van der Waals surface area contributed by atoms with Gasteiger partial charge in [-0.25, -0.2) is 4.90 Å². The van der Waals surface area contributed by atoms with Gasteiger partial charge < -0.3 is 10.4 Å². The molecule has 11 heteroatoms. The third kappa shape index (κ3) is 5.45. The first-order chi connectivity index (χ1) is 20.4. The Labute approximate surface area is 264 Å². The summed E-state index contributed by atoms with van der Waals surface area (Å²) < 4.78 is 2.23. The number of imide groups is 1. The van der Waals surface area contributed by atoms with Crippen molar-refractivity contribution in [3.05, 3.63) is 103 Å². The lowest BCUT2D eigenvalue weighted by atomic mass is 9.81. The first-order valence-corrected chi connectivity index (χ1v) is 16.1. The van der Waals surface area contributed by atoms with Gasteiger partial charge >= 0.3 is 4.87 Å². The molecule has 8 nitrogen and oxygen atoms in total. The molecule has 1 aromatic heterocycles. The third-order valence-corrected chi connectivity index (χ3v) is 10.9. The molecule has 0 bridgehead atoms. The van der Waals surface area contributed by atoms with Gasteiger partial charge in [0.05, 0.1) is 16.6 Å². The molecule has 2 aliphatic rings. The largest absolute Gasteiger partial charge is 0.508 e. The van der Waals surface area contributed by atoms with Crippen LogP contribution >= 0.6 is 39.0 Å². The molecule has 43 heavy (non-hydrogen) atoms. The fourth-order valence-corrected chi connectivity index (χ4v) is 8.58. The van der Waals surface area contributed by atoms with Crippen molar-refractivity contribution in [2.45, 2.75) is 48.9 Å². The normalized spacial score (nSPS) is 19.7. The van der Waals surface area contributed by atoms with E-state index < -0.39 is 23.0 Å². The second-order valence-corrected chi connectivity index (χ2v) is 14.7. The van der Waals surface area contributed by atoms with E-state index in [1.54, 1.807) is 36.4 Å². The number of phenols is 1. The lowest BCUT2D eigenvalue weighted by Gasteiger charge is -2.31. The number of rotatable bonds is 5. The zero-order valence-electron chi connectivity index (χ0n) is 23.5. The first kappa shape index (κ1) is 29.4. The number of nitrogens with one attached hydrogen (secondary N) is 1. The third-order valence-electron chi connectivity index (χ3n) is 7.72. The molecule has 3 heterocycles. The van der Waals surface area contributed by atoms with Crippen LogP contribution in [0.5, 0.6) is 5.75 Å². The number of carbonyl (C=O) groups excluding carboxylic acids is 3. The molecular formula is C32H28BrN3O5S2. The van der Waals surface area contributed by atoms with Gasteiger partial charge in [0, 0.05) is 21.0 Å². The van der Waals surface area contributed by atoms with E-state index in [0.29, 0.717) is 21.3 Å². The Morgan fingerprint density at radius 2 is 1.58 bits per heavy atom. The summed E-state index contributed by atoms with van der Waals surface area (Å²) in [6, 6.07) is 21.1. The van der Waals surface area contributed by atoms with Gasteiger partial charge in [-0.3, -0.25) is 23.7 Å². The molecule has 220 valence electrons. The molecule has 4 aromatic rings. The molecule has 0 spiro atoms. The number of halogens is 1. The van der Waals surface area contributed by atoms with Gasteiger partial charge in [-0.15, -0.1) is 0 Å². The van der Waals surface area contributed by atoms with Crippen molar-refractivity contribution in [2.75, 3.05) is 10.2 Å². The molecular weight excluding hydrogens is 650 g/mol. The molecule has 0 radical (unpaired) electrons.